The zero-order valence-corrected chi connectivity index (χ0v) is 10.5. The van der Waals surface area contributed by atoms with Gasteiger partial charge in [0.1, 0.15) is 0 Å². The maximum absolute atomic E-state index is 13.2. The molecule has 1 aromatic rings. The zero-order chi connectivity index (χ0) is 15.7. The highest BCUT2D eigenvalue weighted by atomic mass is 19.4. The van der Waals surface area contributed by atoms with Crippen LogP contribution >= 0.6 is 0 Å². The summed E-state index contributed by atoms with van der Waals surface area (Å²) in [7, 11) is 0. The van der Waals surface area contributed by atoms with E-state index in [9.17, 15) is 27.5 Å². The van der Waals surface area contributed by atoms with Crippen molar-refractivity contribution in [3.63, 3.8) is 0 Å². The van der Waals surface area contributed by atoms with E-state index in [-0.39, 0.29) is 10.8 Å². The van der Waals surface area contributed by atoms with Gasteiger partial charge in [0, 0.05) is 12.6 Å². The summed E-state index contributed by atoms with van der Waals surface area (Å²) in [5.74, 6) is -2.29. The summed E-state index contributed by atoms with van der Waals surface area (Å²) in [6.45, 7) is -0.892. The maximum Gasteiger partial charge on any atom is 0.438 e. The quantitative estimate of drug-likeness (QED) is 0.864. The molecule has 1 amide bonds. The molecular weight excluding hydrogens is 296 g/mol. The first-order chi connectivity index (χ1) is 9.75. The minimum atomic E-state index is -5.07. The molecule has 21 heavy (non-hydrogen) atoms. The Kier molecular flexibility index (Phi) is 3.86. The number of carbonyl (C=O) groups is 1. The van der Waals surface area contributed by atoms with Crippen LogP contribution in [0, 0.1) is 5.82 Å². The van der Waals surface area contributed by atoms with E-state index in [2.05, 4.69) is 5.10 Å². The number of hydrazone groups is 1. The molecule has 1 unspecified atom stereocenters. The van der Waals surface area contributed by atoms with Gasteiger partial charge in [-0.05, 0) is 12.1 Å². The summed E-state index contributed by atoms with van der Waals surface area (Å²) in [5.41, 5.74) is -3.40. The number of amides is 1. The number of nitrogens with zero attached hydrogens (tertiary/aromatic N) is 2. The van der Waals surface area contributed by atoms with Crippen LogP contribution in [0.2, 0.25) is 0 Å². The summed E-state index contributed by atoms with van der Waals surface area (Å²) >= 11 is 0. The lowest BCUT2D eigenvalue weighted by Gasteiger charge is -2.32. The summed E-state index contributed by atoms with van der Waals surface area (Å²) < 4.78 is 56.3. The van der Waals surface area contributed by atoms with Crippen molar-refractivity contribution >= 4 is 12.1 Å². The Balaban J connectivity index is 2.07. The van der Waals surface area contributed by atoms with Gasteiger partial charge in [-0.3, -0.25) is 4.79 Å². The third-order valence-corrected chi connectivity index (χ3v) is 2.80. The highest BCUT2D eigenvalue weighted by molar-refractivity contribution is 5.81. The average molecular weight is 306 g/mol. The number of halogens is 4. The molecule has 0 bridgehead atoms. The third-order valence-electron chi connectivity index (χ3n) is 2.80. The van der Waals surface area contributed by atoms with E-state index in [4.69, 9.17) is 4.74 Å². The number of ether oxygens (including phenoxy) is 1. The molecule has 1 aromatic carbocycles. The molecule has 1 N–H and O–H groups in total. The Labute approximate surface area is 116 Å². The molecule has 0 aromatic heterocycles. The smallest absolute Gasteiger partial charge is 0.438 e. The molecule has 5 nitrogen and oxygen atoms in total. The fourth-order valence-corrected chi connectivity index (χ4v) is 1.70. The van der Waals surface area contributed by atoms with E-state index < -0.39 is 36.7 Å². The van der Waals surface area contributed by atoms with Crippen LogP contribution in [0.15, 0.2) is 29.4 Å². The second-order valence-corrected chi connectivity index (χ2v) is 4.24. The van der Waals surface area contributed by atoms with Gasteiger partial charge in [-0.15, -0.1) is 0 Å². The number of rotatable bonds is 3. The van der Waals surface area contributed by atoms with Gasteiger partial charge in [-0.25, -0.2) is 4.39 Å². The minimum absolute atomic E-state index is 0.103. The molecule has 9 heteroatoms. The van der Waals surface area contributed by atoms with Gasteiger partial charge in [0.05, 0.1) is 0 Å². The molecule has 0 saturated heterocycles. The summed E-state index contributed by atoms with van der Waals surface area (Å²) in [5, 5.41) is 12.6. The molecule has 0 radical (unpaired) electrons. The summed E-state index contributed by atoms with van der Waals surface area (Å²) in [4.78, 5) is 11.7. The van der Waals surface area contributed by atoms with E-state index in [1.807, 2.05) is 0 Å². The molecule has 0 saturated carbocycles. The van der Waals surface area contributed by atoms with Crippen molar-refractivity contribution in [2.24, 2.45) is 5.10 Å². The van der Waals surface area contributed by atoms with Crippen molar-refractivity contribution in [2.45, 2.75) is 18.3 Å². The van der Waals surface area contributed by atoms with Gasteiger partial charge in [-0.1, -0.05) is 12.1 Å². The predicted molar refractivity (Wildman–Crippen MR) is 62.9 cm³/mol. The van der Waals surface area contributed by atoms with Crippen molar-refractivity contribution in [3.8, 4) is 5.75 Å². The molecule has 1 heterocycles. The van der Waals surface area contributed by atoms with E-state index >= 15 is 0 Å². The number of hydrogen-bond donors (Lipinski definition) is 1. The molecule has 1 atom stereocenters. The second kappa shape index (κ2) is 5.32. The van der Waals surface area contributed by atoms with Crippen LogP contribution in [0.25, 0.3) is 0 Å². The van der Waals surface area contributed by atoms with E-state index in [0.717, 1.165) is 12.3 Å². The molecule has 0 aliphatic carbocycles. The molecule has 1 aliphatic rings. The fourth-order valence-electron chi connectivity index (χ4n) is 1.70. The Bertz CT molecular complexity index is 576. The number of alkyl halides is 3. The Morgan fingerprint density at radius 1 is 1.43 bits per heavy atom. The van der Waals surface area contributed by atoms with Crippen molar-refractivity contribution in [2.75, 3.05) is 6.61 Å². The van der Waals surface area contributed by atoms with Crippen LogP contribution in [0.4, 0.5) is 17.6 Å². The van der Waals surface area contributed by atoms with Gasteiger partial charge in [0.25, 0.3) is 11.6 Å². The van der Waals surface area contributed by atoms with Crippen molar-refractivity contribution in [3.05, 3.63) is 30.1 Å². The zero-order valence-electron chi connectivity index (χ0n) is 10.5. The Morgan fingerprint density at radius 3 is 2.71 bits per heavy atom. The van der Waals surface area contributed by atoms with Crippen molar-refractivity contribution < 1.29 is 32.2 Å². The standard InChI is InChI=1S/C12H10F4N2O3/c13-8-3-1-2-4-9(8)21-7-10(19)18-11(20,5-6-17-18)12(14,15)16/h1-4,6,20H,5,7H2. The number of aliphatic hydroxyl groups is 1. The monoisotopic (exact) mass is 306 g/mol. The number of benzene rings is 1. The van der Waals surface area contributed by atoms with Gasteiger partial charge in [-0.2, -0.15) is 23.3 Å². The Hall–Kier alpha value is -2.16. The molecule has 0 fully saturated rings. The van der Waals surface area contributed by atoms with Crippen LogP contribution in [0.1, 0.15) is 6.42 Å². The van der Waals surface area contributed by atoms with Crippen LogP contribution in [0.5, 0.6) is 5.75 Å². The summed E-state index contributed by atoms with van der Waals surface area (Å²) in [6.07, 6.45) is -5.17. The first kappa shape index (κ1) is 15.2. The number of hydrogen-bond acceptors (Lipinski definition) is 4. The van der Waals surface area contributed by atoms with Crippen LogP contribution in [-0.2, 0) is 4.79 Å². The topological polar surface area (TPSA) is 62.1 Å². The molecule has 1 aliphatic heterocycles. The highest BCUT2D eigenvalue weighted by Gasteiger charge is 2.61. The fraction of sp³-hybridized carbons (Fsp3) is 0.333. The van der Waals surface area contributed by atoms with Crippen LogP contribution in [-0.4, -0.2) is 40.7 Å². The second-order valence-electron chi connectivity index (χ2n) is 4.24. The minimum Gasteiger partial charge on any atom is -0.481 e. The lowest BCUT2D eigenvalue weighted by molar-refractivity contribution is -0.302. The van der Waals surface area contributed by atoms with Gasteiger partial charge < -0.3 is 9.84 Å². The van der Waals surface area contributed by atoms with Crippen molar-refractivity contribution in [1.29, 1.82) is 0 Å². The van der Waals surface area contributed by atoms with Crippen molar-refractivity contribution in [1.82, 2.24) is 5.01 Å². The van der Waals surface area contributed by atoms with Crippen LogP contribution in [0.3, 0.4) is 0 Å². The van der Waals surface area contributed by atoms with E-state index in [0.29, 0.717) is 0 Å². The van der Waals surface area contributed by atoms with E-state index in [1.165, 1.54) is 18.2 Å². The molecule has 0 spiro atoms. The first-order valence-electron chi connectivity index (χ1n) is 5.77. The number of carbonyl (C=O) groups excluding carboxylic acids is 1. The average Bonchev–Trinajstić information content (AvgIpc) is 2.80. The third kappa shape index (κ3) is 2.82. The molecular formula is C12H10F4N2O3. The normalized spacial score (nSPS) is 21.7. The largest absolute Gasteiger partial charge is 0.481 e. The SMILES string of the molecule is O=C(COc1ccccc1F)N1N=CCC1(O)C(F)(F)F. The predicted octanol–water partition coefficient (Wildman–Crippen LogP) is 1.67. The van der Waals surface area contributed by atoms with Crippen LogP contribution < -0.4 is 4.74 Å². The molecule has 2 rings (SSSR count). The maximum atomic E-state index is 13.2. The van der Waals surface area contributed by atoms with Gasteiger partial charge in [0.15, 0.2) is 18.2 Å². The van der Waals surface area contributed by atoms with Gasteiger partial charge >= 0.3 is 6.18 Å². The molecule has 114 valence electrons. The Morgan fingerprint density at radius 2 is 2.10 bits per heavy atom. The lowest BCUT2D eigenvalue weighted by atomic mass is 10.1. The highest BCUT2D eigenvalue weighted by Crippen LogP contribution is 2.38. The summed E-state index contributed by atoms with van der Waals surface area (Å²) in [6, 6.07) is 5.10. The lowest BCUT2D eigenvalue weighted by Crippen LogP contribution is -2.57. The van der Waals surface area contributed by atoms with E-state index in [1.54, 1.807) is 0 Å². The number of para-hydroxylation sites is 1. The first-order valence-corrected chi connectivity index (χ1v) is 5.77. The van der Waals surface area contributed by atoms with Gasteiger partial charge in [0.2, 0.25) is 0 Å².